The number of hydrogen-bond acceptors (Lipinski definition) is 13. The normalized spacial score (nSPS) is 14.9. The van der Waals surface area contributed by atoms with Crippen LogP contribution in [0.25, 0.3) is 17.8 Å². The van der Waals surface area contributed by atoms with Gasteiger partial charge in [0.1, 0.15) is 23.3 Å². The summed E-state index contributed by atoms with van der Waals surface area (Å²) in [5.74, 6) is 1.06. The number of tetrazole rings is 1. The number of anilines is 2. The summed E-state index contributed by atoms with van der Waals surface area (Å²) < 4.78 is 12.4. The first-order valence-electron chi connectivity index (χ1n) is 17.6. The summed E-state index contributed by atoms with van der Waals surface area (Å²) in [5.41, 5.74) is 2.20. The fraction of sp³-hybridized carbons (Fsp3) is 0.405. The fourth-order valence-corrected chi connectivity index (χ4v) is 6.69. The molecule has 5 aromatic rings. The van der Waals surface area contributed by atoms with Gasteiger partial charge < -0.3 is 24.6 Å². The Kier molecular flexibility index (Phi) is 11.7. The summed E-state index contributed by atoms with van der Waals surface area (Å²) in [6, 6.07) is 10.7. The molecule has 1 aliphatic rings. The van der Waals surface area contributed by atoms with Crippen LogP contribution in [0.1, 0.15) is 66.6 Å². The Morgan fingerprint density at radius 3 is 2.63 bits per heavy atom. The van der Waals surface area contributed by atoms with Crippen LogP contribution in [0.4, 0.5) is 15.7 Å². The van der Waals surface area contributed by atoms with Crippen LogP contribution < -0.4 is 25.8 Å². The number of carbonyl (C=O) groups is 2. The highest BCUT2D eigenvalue weighted by Crippen LogP contribution is 2.27. The number of pyridine rings is 1. The van der Waals surface area contributed by atoms with Crippen molar-refractivity contribution in [2.45, 2.75) is 51.7 Å². The monoisotopic (exact) mass is 755 g/mol. The molecular formula is C37H45N11O5S. The first kappa shape index (κ1) is 38.1. The van der Waals surface area contributed by atoms with E-state index in [0.29, 0.717) is 67.9 Å². The molecule has 0 radical (unpaired) electrons. The van der Waals surface area contributed by atoms with Gasteiger partial charge in [-0.15, -0.1) is 21.5 Å². The molecule has 5 heterocycles. The van der Waals surface area contributed by atoms with Gasteiger partial charge in [0.15, 0.2) is 11.0 Å². The number of hydrogen-bond donors (Lipinski definition) is 2. The zero-order chi connectivity index (χ0) is 38.4. The molecule has 0 saturated carbocycles. The van der Waals surface area contributed by atoms with Gasteiger partial charge in [-0.25, -0.2) is 14.8 Å². The summed E-state index contributed by atoms with van der Waals surface area (Å²) in [7, 11) is 5.47. The van der Waals surface area contributed by atoms with Gasteiger partial charge in [-0.2, -0.15) is 4.80 Å². The topological polar surface area (TPSA) is 174 Å². The fourth-order valence-electron chi connectivity index (χ4n) is 5.76. The van der Waals surface area contributed by atoms with Crippen molar-refractivity contribution >= 4 is 52.1 Å². The number of benzene rings is 1. The molecule has 1 fully saturated rings. The lowest BCUT2D eigenvalue weighted by atomic mass is 9.93. The number of nitrogens with zero attached hydrogens (tertiary/aromatic N) is 9. The van der Waals surface area contributed by atoms with E-state index in [-0.39, 0.29) is 28.1 Å². The lowest BCUT2D eigenvalue weighted by Crippen LogP contribution is -2.44. The highest BCUT2D eigenvalue weighted by atomic mass is 32.1. The Balaban J connectivity index is 1.28. The van der Waals surface area contributed by atoms with E-state index in [2.05, 4.69) is 51.8 Å². The number of aromatic nitrogens is 7. The number of likely N-dealkylation sites (N-methyl/N-ethyl adjacent to an activating group) is 1. The minimum Gasteiger partial charge on any atom is -0.497 e. The van der Waals surface area contributed by atoms with E-state index in [4.69, 9.17) is 14.5 Å². The molecule has 1 atom stereocenters. The number of alkyl carbamates (subject to hydrolysis) is 1. The van der Waals surface area contributed by atoms with E-state index >= 15 is 0 Å². The SMILES string of the molecule is COc1ccc(Cn2nnc(C=Cc3c(N4CCC[C@H](OC(=O)NCCN(C)C)C4)nc4cc(C(=O)Nc5nc(C(C)(C)C)cs5)ccn4c3=O)n2)cc1. The van der Waals surface area contributed by atoms with Gasteiger partial charge in [0.25, 0.3) is 11.5 Å². The average Bonchev–Trinajstić information content (AvgIpc) is 3.81. The zero-order valence-corrected chi connectivity index (χ0v) is 32.1. The maximum Gasteiger partial charge on any atom is 0.407 e. The van der Waals surface area contributed by atoms with E-state index in [0.717, 1.165) is 17.0 Å². The second kappa shape index (κ2) is 16.6. The van der Waals surface area contributed by atoms with E-state index < -0.39 is 12.2 Å². The van der Waals surface area contributed by atoms with Crippen molar-refractivity contribution in [2.75, 3.05) is 57.6 Å². The van der Waals surface area contributed by atoms with Gasteiger partial charge in [-0.05, 0) is 74.1 Å². The van der Waals surface area contributed by atoms with Crippen LogP contribution in [-0.2, 0) is 16.7 Å². The number of amides is 2. The van der Waals surface area contributed by atoms with E-state index in [1.54, 1.807) is 31.4 Å². The molecule has 0 bridgehead atoms. The molecule has 16 nitrogen and oxygen atoms in total. The zero-order valence-electron chi connectivity index (χ0n) is 31.3. The standard InChI is InChI=1S/C37H45N11O5S/c1-37(2,3)29-23-54-35(39-29)41-33(49)25-15-18-47-31(20-25)40-32(46-17-7-8-27(22-46)53-36(51)38-16-19-45(4)5)28(34(47)50)13-14-30-42-44-48(43-30)21-24-9-11-26(52-6)12-10-24/h9-15,18,20,23,27H,7-8,16-17,19,21-22H2,1-6H3,(H,38,51)(H,39,41,49)/t27-/m0/s1. The van der Waals surface area contributed by atoms with Gasteiger partial charge in [-0.1, -0.05) is 32.9 Å². The third-order valence-electron chi connectivity index (χ3n) is 8.73. The second-order valence-corrected chi connectivity index (χ2v) is 15.1. The summed E-state index contributed by atoms with van der Waals surface area (Å²) in [6.07, 6.45) is 5.21. The Labute approximate surface area is 316 Å². The summed E-state index contributed by atoms with van der Waals surface area (Å²) >= 11 is 1.35. The Bertz CT molecular complexity index is 2190. The number of nitrogens with one attached hydrogen (secondary N) is 2. The number of methoxy groups -OCH3 is 1. The molecule has 1 saturated heterocycles. The molecule has 284 valence electrons. The van der Waals surface area contributed by atoms with Gasteiger partial charge in [0.05, 0.1) is 31.5 Å². The van der Waals surface area contributed by atoms with Crippen LogP contribution in [0, 0.1) is 0 Å². The van der Waals surface area contributed by atoms with Crippen LogP contribution in [0.5, 0.6) is 5.75 Å². The van der Waals surface area contributed by atoms with Crippen molar-refractivity contribution in [3.05, 3.63) is 86.5 Å². The number of thiazole rings is 1. The van der Waals surface area contributed by atoms with Gasteiger partial charge in [0.2, 0.25) is 0 Å². The number of carbonyl (C=O) groups excluding carboxylic acids is 2. The molecule has 0 aliphatic carbocycles. The maximum absolute atomic E-state index is 14.2. The molecule has 4 aromatic heterocycles. The average molecular weight is 756 g/mol. The van der Waals surface area contributed by atoms with E-state index in [9.17, 15) is 14.4 Å². The van der Waals surface area contributed by atoms with Gasteiger partial charge in [-0.3, -0.25) is 19.3 Å². The number of fused-ring (bicyclic) bond motifs is 1. The molecule has 6 rings (SSSR count). The molecule has 2 N–H and O–H groups in total. The predicted molar refractivity (Wildman–Crippen MR) is 207 cm³/mol. The lowest BCUT2D eigenvalue weighted by molar-refractivity contribution is 0.0878. The summed E-state index contributed by atoms with van der Waals surface area (Å²) in [5, 5.41) is 20.9. The van der Waals surface area contributed by atoms with E-state index in [1.165, 1.54) is 26.7 Å². The van der Waals surface area contributed by atoms with Crippen LogP contribution >= 0.6 is 11.3 Å². The molecule has 0 unspecified atom stereocenters. The largest absolute Gasteiger partial charge is 0.497 e. The first-order chi connectivity index (χ1) is 25.9. The molecule has 1 aliphatic heterocycles. The van der Waals surface area contributed by atoms with Crippen LogP contribution in [-0.4, -0.2) is 105 Å². The maximum atomic E-state index is 14.2. The number of piperidine rings is 1. The highest BCUT2D eigenvalue weighted by molar-refractivity contribution is 7.14. The highest BCUT2D eigenvalue weighted by Gasteiger charge is 2.27. The molecule has 1 aromatic carbocycles. The summed E-state index contributed by atoms with van der Waals surface area (Å²) in [4.78, 5) is 55.0. The third kappa shape index (κ3) is 9.45. The molecule has 0 spiro atoms. The van der Waals surface area contributed by atoms with Crippen molar-refractivity contribution in [3.8, 4) is 5.75 Å². The minimum absolute atomic E-state index is 0.158. The Morgan fingerprint density at radius 1 is 1.11 bits per heavy atom. The molecule has 54 heavy (non-hydrogen) atoms. The molecule has 2 amide bonds. The molecular weight excluding hydrogens is 711 g/mol. The van der Waals surface area contributed by atoms with Crippen LogP contribution in [0.15, 0.2) is 52.8 Å². The number of rotatable bonds is 12. The van der Waals surface area contributed by atoms with Crippen LogP contribution in [0.3, 0.4) is 0 Å². The van der Waals surface area contributed by atoms with E-state index in [1.807, 2.05) is 53.5 Å². The first-order valence-corrected chi connectivity index (χ1v) is 18.5. The third-order valence-corrected chi connectivity index (χ3v) is 9.49. The lowest BCUT2D eigenvalue weighted by Gasteiger charge is -2.34. The van der Waals surface area contributed by atoms with Crippen LogP contribution in [0.2, 0.25) is 0 Å². The van der Waals surface area contributed by atoms with Crippen molar-refractivity contribution in [1.82, 2.24) is 44.8 Å². The molecule has 17 heteroatoms. The quantitative estimate of drug-likeness (QED) is 0.186. The van der Waals surface area contributed by atoms with Gasteiger partial charge >= 0.3 is 6.09 Å². The summed E-state index contributed by atoms with van der Waals surface area (Å²) in [6.45, 7) is 8.59. The van der Waals surface area contributed by atoms with Crippen molar-refractivity contribution in [1.29, 1.82) is 0 Å². The minimum atomic E-state index is -0.496. The van der Waals surface area contributed by atoms with Crippen molar-refractivity contribution in [3.63, 3.8) is 0 Å². The Morgan fingerprint density at radius 2 is 1.91 bits per heavy atom. The second-order valence-electron chi connectivity index (χ2n) is 14.2. The number of ether oxygens (including phenoxy) is 2. The van der Waals surface area contributed by atoms with Crippen molar-refractivity contribution in [2.24, 2.45) is 0 Å². The smallest absolute Gasteiger partial charge is 0.407 e. The Hall–Kier alpha value is -5.68. The van der Waals surface area contributed by atoms with Crippen molar-refractivity contribution < 1.29 is 19.1 Å². The van der Waals surface area contributed by atoms with Gasteiger partial charge in [0, 0.05) is 42.2 Å². The predicted octanol–water partition coefficient (Wildman–Crippen LogP) is 4.17.